The Balaban J connectivity index is 1.78. The smallest absolute Gasteiger partial charge is 0.410 e. The molecule has 0 aromatic carbocycles. The maximum Gasteiger partial charge on any atom is 0.410 e. The van der Waals surface area contributed by atoms with Gasteiger partial charge in [0.05, 0.1) is 17.9 Å². The molecule has 0 aromatic rings. The molecule has 0 N–H and O–H groups in total. The van der Waals surface area contributed by atoms with Gasteiger partial charge in [0.2, 0.25) is 0 Å². The summed E-state index contributed by atoms with van der Waals surface area (Å²) in [5, 5.41) is -0.373. The van der Waals surface area contributed by atoms with Gasteiger partial charge in [-0.05, 0) is 71.1 Å². The van der Waals surface area contributed by atoms with Crippen molar-refractivity contribution in [1.82, 2.24) is 4.90 Å². The summed E-state index contributed by atoms with van der Waals surface area (Å²) in [6, 6.07) is -0.215. The van der Waals surface area contributed by atoms with E-state index >= 15 is 0 Å². The van der Waals surface area contributed by atoms with Crippen LogP contribution < -0.4 is 0 Å². The highest BCUT2D eigenvalue weighted by atomic mass is 32.2. The van der Waals surface area contributed by atoms with Crippen LogP contribution in [0.4, 0.5) is 4.79 Å². The number of hydrogen-bond acceptors (Lipinski definition) is 5. The molecular weight excluding hydrogens is 330 g/mol. The number of fused-ring (bicyclic) bond motifs is 4. The fourth-order valence-electron chi connectivity index (χ4n) is 4.35. The lowest BCUT2D eigenvalue weighted by molar-refractivity contribution is -0.0100. The van der Waals surface area contributed by atoms with Gasteiger partial charge in [0.15, 0.2) is 0 Å². The third kappa shape index (κ3) is 3.87. The second-order valence-electron chi connectivity index (χ2n) is 8.43. The lowest BCUT2D eigenvalue weighted by atomic mass is 9.74. The van der Waals surface area contributed by atoms with E-state index in [1.807, 2.05) is 20.8 Å². The fraction of sp³-hybridized carbons (Fsp3) is 0.941. The highest BCUT2D eigenvalue weighted by molar-refractivity contribution is 7.87. The number of carbonyl (C=O) groups excluding carboxylic acids is 1. The van der Waals surface area contributed by atoms with Gasteiger partial charge in [-0.15, -0.1) is 0 Å². The van der Waals surface area contributed by atoms with Crippen LogP contribution in [0.15, 0.2) is 0 Å². The van der Waals surface area contributed by atoms with E-state index in [2.05, 4.69) is 0 Å². The number of amides is 1. The van der Waals surface area contributed by atoms with E-state index < -0.39 is 15.7 Å². The Hall–Kier alpha value is -0.820. The van der Waals surface area contributed by atoms with E-state index in [0.29, 0.717) is 31.2 Å². The molecule has 4 rings (SSSR count). The minimum Gasteiger partial charge on any atom is -0.444 e. The second-order valence-corrected chi connectivity index (χ2v) is 10.3. The van der Waals surface area contributed by atoms with E-state index in [9.17, 15) is 13.2 Å². The van der Waals surface area contributed by atoms with Gasteiger partial charge in [0.25, 0.3) is 10.1 Å². The van der Waals surface area contributed by atoms with Crippen molar-refractivity contribution in [3.63, 3.8) is 0 Å². The Morgan fingerprint density at radius 2 is 1.75 bits per heavy atom. The molecule has 1 amide bonds. The molecule has 2 unspecified atom stereocenters. The Kier molecular flexibility index (Phi) is 4.86. The van der Waals surface area contributed by atoms with Crippen LogP contribution in [0.5, 0.6) is 0 Å². The third-order valence-electron chi connectivity index (χ3n) is 5.60. The number of ether oxygens (including phenoxy) is 1. The predicted octanol–water partition coefficient (Wildman–Crippen LogP) is 2.92. The van der Waals surface area contributed by atoms with Crippen molar-refractivity contribution in [2.75, 3.05) is 13.2 Å². The highest BCUT2D eigenvalue weighted by Gasteiger charge is 2.42. The maximum absolute atomic E-state index is 12.5. The number of hydrogen-bond donors (Lipinski definition) is 0. The molecule has 3 heterocycles. The Bertz CT molecular complexity index is 574. The van der Waals surface area contributed by atoms with Gasteiger partial charge < -0.3 is 9.64 Å². The van der Waals surface area contributed by atoms with E-state index in [1.54, 1.807) is 4.90 Å². The minimum absolute atomic E-state index is 0.0568. The summed E-state index contributed by atoms with van der Waals surface area (Å²) in [6.07, 6.45) is 4.75. The Labute approximate surface area is 145 Å². The monoisotopic (exact) mass is 359 g/mol. The van der Waals surface area contributed by atoms with Crippen molar-refractivity contribution in [3.8, 4) is 0 Å². The van der Waals surface area contributed by atoms with Crippen LogP contribution in [-0.2, 0) is 19.0 Å². The molecule has 3 saturated heterocycles. The number of likely N-dealkylation sites (tertiary alicyclic amines) is 1. The summed E-state index contributed by atoms with van der Waals surface area (Å²) in [5.41, 5.74) is -0.560. The highest BCUT2D eigenvalue weighted by Crippen LogP contribution is 2.41. The van der Waals surface area contributed by atoms with E-state index in [4.69, 9.17) is 8.92 Å². The SMILES string of the molecule is CC(C)(C)OC(=O)N1CCC2CC1COS(=O)(=O)C1CCC2CC1. The number of piperidine rings is 1. The van der Waals surface area contributed by atoms with Crippen molar-refractivity contribution in [3.05, 3.63) is 0 Å². The van der Waals surface area contributed by atoms with Crippen molar-refractivity contribution >= 4 is 16.2 Å². The van der Waals surface area contributed by atoms with Gasteiger partial charge >= 0.3 is 6.09 Å². The molecule has 6 nitrogen and oxygen atoms in total. The molecular formula is C17H29NO5S. The van der Waals surface area contributed by atoms with Gasteiger partial charge in [-0.25, -0.2) is 4.79 Å². The summed E-state index contributed by atoms with van der Waals surface area (Å²) >= 11 is 0. The lowest BCUT2D eigenvalue weighted by Crippen LogP contribution is -2.52. The fourth-order valence-corrected chi connectivity index (χ4v) is 5.74. The van der Waals surface area contributed by atoms with Gasteiger partial charge in [0.1, 0.15) is 5.60 Å². The molecule has 0 aromatic heterocycles. The molecule has 4 bridgehead atoms. The van der Waals surface area contributed by atoms with Crippen LogP contribution in [0.2, 0.25) is 0 Å². The van der Waals surface area contributed by atoms with Gasteiger partial charge in [-0.2, -0.15) is 8.42 Å². The van der Waals surface area contributed by atoms with Crippen molar-refractivity contribution in [2.45, 2.75) is 76.2 Å². The molecule has 2 atom stereocenters. The number of carbonyl (C=O) groups is 1. The first-order valence-electron chi connectivity index (χ1n) is 9.03. The van der Waals surface area contributed by atoms with Crippen LogP contribution in [0, 0.1) is 11.8 Å². The normalized spacial score (nSPS) is 36.2. The third-order valence-corrected chi connectivity index (χ3v) is 7.36. The lowest BCUT2D eigenvalue weighted by Gasteiger charge is -2.44. The molecule has 4 fully saturated rings. The minimum atomic E-state index is -3.53. The average Bonchev–Trinajstić information content (AvgIpc) is 2.50. The summed E-state index contributed by atoms with van der Waals surface area (Å²) in [5.74, 6) is 1.14. The van der Waals surface area contributed by atoms with Crippen LogP contribution in [0.3, 0.4) is 0 Å². The Morgan fingerprint density at radius 3 is 2.38 bits per heavy atom. The zero-order chi connectivity index (χ0) is 17.5. The average molecular weight is 359 g/mol. The molecule has 1 saturated carbocycles. The van der Waals surface area contributed by atoms with Gasteiger partial charge in [0, 0.05) is 6.54 Å². The zero-order valence-corrected chi connectivity index (χ0v) is 15.7. The number of nitrogens with zero attached hydrogens (tertiary/aromatic N) is 1. The topological polar surface area (TPSA) is 72.9 Å². The summed E-state index contributed by atoms with van der Waals surface area (Å²) in [4.78, 5) is 14.2. The molecule has 3 aliphatic heterocycles. The first kappa shape index (κ1) is 18.0. The summed E-state index contributed by atoms with van der Waals surface area (Å²) in [7, 11) is -3.53. The zero-order valence-electron chi connectivity index (χ0n) is 14.9. The summed E-state index contributed by atoms with van der Waals surface area (Å²) in [6.45, 7) is 6.19. The van der Waals surface area contributed by atoms with Gasteiger partial charge in [-0.1, -0.05) is 0 Å². The number of rotatable bonds is 0. The summed E-state index contributed by atoms with van der Waals surface area (Å²) < 4.78 is 35.6. The molecule has 7 heteroatoms. The standard InChI is InChI=1S/C17H29NO5S/c1-17(2,3)23-16(19)18-9-8-13-10-14(18)11-22-24(20,21)15-6-4-12(13)5-7-15/h12-15H,4-11H2,1-3H3. The molecule has 138 valence electrons. The molecule has 1 aliphatic carbocycles. The van der Waals surface area contributed by atoms with Crippen LogP contribution in [-0.4, -0.2) is 49.5 Å². The van der Waals surface area contributed by atoms with Crippen molar-refractivity contribution < 1.29 is 22.1 Å². The van der Waals surface area contributed by atoms with Crippen LogP contribution in [0.25, 0.3) is 0 Å². The van der Waals surface area contributed by atoms with Crippen molar-refractivity contribution in [1.29, 1.82) is 0 Å². The van der Waals surface area contributed by atoms with Crippen LogP contribution in [0.1, 0.15) is 59.3 Å². The van der Waals surface area contributed by atoms with Crippen molar-refractivity contribution in [2.24, 2.45) is 11.8 Å². The molecule has 24 heavy (non-hydrogen) atoms. The molecule has 0 radical (unpaired) electrons. The van der Waals surface area contributed by atoms with Gasteiger partial charge in [-0.3, -0.25) is 4.18 Å². The first-order valence-corrected chi connectivity index (χ1v) is 10.5. The quantitative estimate of drug-likeness (QED) is 0.622. The first-order chi connectivity index (χ1) is 11.2. The van der Waals surface area contributed by atoms with E-state index in [-0.39, 0.29) is 24.0 Å². The second kappa shape index (κ2) is 6.48. The maximum atomic E-state index is 12.5. The Morgan fingerprint density at radius 1 is 1.08 bits per heavy atom. The van der Waals surface area contributed by atoms with E-state index in [0.717, 1.165) is 25.7 Å². The molecule has 0 spiro atoms. The van der Waals surface area contributed by atoms with Crippen LogP contribution >= 0.6 is 0 Å². The predicted molar refractivity (Wildman–Crippen MR) is 90.1 cm³/mol. The van der Waals surface area contributed by atoms with E-state index in [1.165, 1.54) is 0 Å². The largest absolute Gasteiger partial charge is 0.444 e. The molecule has 4 aliphatic rings.